The molecule has 0 aromatic heterocycles. The summed E-state index contributed by atoms with van der Waals surface area (Å²) in [6.45, 7) is 7.99. The van der Waals surface area contributed by atoms with Gasteiger partial charge in [0.25, 0.3) is 0 Å². The first kappa shape index (κ1) is 13.5. The number of hydrogen-bond donors (Lipinski definition) is 2. The van der Waals surface area contributed by atoms with Crippen LogP contribution in [0.1, 0.15) is 33.1 Å². The molecular formula is C12H25N3O. The number of piperidine rings is 1. The minimum atomic E-state index is -0.217. The maximum absolute atomic E-state index is 10.8. The van der Waals surface area contributed by atoms with E-state index in [4.69, 9.17) is 5.73 Å². The van der Waals surface area contributed by atoms with E-state index in [1.807, 2.05) is 0 Å². The van der Waals surface area contributed by atoms with Crippen molar-refractivity contribution >= 4 is 5.91 Å². The number of primary amides is 1. The van der Waals surface area contributed by atoms with Crippen molar-refractivity contribution in [2.24, 2.45) is 11.7 Å². The van der Waals surface area contributed by atoms with Crippen molar-refractivity contribution in [2.75, 3.05) is 26.2 Å². The average molecular weight is 227 g/mol. The Hall–Kier alpha value is -0.610. The molecular weight excluding hydrogens is 202 g/mol. The van der Waals surface area contributed by atoms with Crippen molar-refractivity contribution in [1.29, 1.82) is 0 Å². The minimum Gasteiger partial charge on any atom is -0.369 e. The third-order valence-electron chi connectivity index (χ3n) is 3.42. The van der Waals surface area contributed by atoms with E-state index in [-0.39, 0.29) is 5.91 Å². The van der Waals surface area contributed by atoms with Crippen LogP contribution in [0.15, 0.2) is 0 Å². The number of hydrogen-bond acceptors (Lipinski definition) is 3. The van der Waals surface area contributed by atoms with Gasteiger partial charge in [-0.05, 0) is 25.3 Å². The number of amides is 1. The van der Waals surface area contributed by atoms with Crippen LogP contribution < -0.4 is 11.1 Å². The number of carbonyl (C=O) groups is 1. The van der Waals surface area contributed by atoms with Gasteiger partial charge in [0, 0.05) is 19.1 Å². The average Bonchev–Trinajstić information content (AvgIpc) is 2.27. The van der Waals surface area contributed by atoms with Gasteiger partial charge in [-0.3, -0.25) is 9.69 Å². The second kappa shape index (κ2) is 6.86. The summed E-state index contributed by atoms with van der Waals surface area (Å²) >= 11 is 0. The Labute approximate surface area is 98.6 Å². The molecule has 3 N–H and O–H groups in total. The normalized spacial score (nSPS) is 20.9. The summed E-state index contributed by atoms with van der Waals surface area (Å²) in [6.07, 6.45) is 3.49. The van der Waals surface area contributed by atoms with Gasteiger partial charge < -0.3 is 11.1 Å². The Morgan fingerprint density at radius 2 is 2.12 bits per heavy atom. The SMILES string of the molecule is CCC(C)CNC1CCN(CC(N)=O)CC1. The first-order chi connectivity index (χ1) is 7.61. The molecule has 1 heterocycles. The summed E-state index contributed by atoms with van der Waals surface area (Å²) in [7, 11) is 0. The topological polar surface area (TPSA) is 58.4 Å². The molecule has 0 bridgehead atoms. The fourth-order valence-electron chi connectivity index (χ4n) is 2.03. The van der Waals surface area contributed by atoms with Crippen LogP contribution in [-0.2, 0) is 4.79 Å². The molecule has 0 saturated carbocycles. The lowest BCUT2D eigenvalue weighted by Crippen LogP contribution is -2.45. The highest BCUT2D eigenvalue weighted by Gasteiger charge is 2.19. The van der Waals surface area contributed by atoms with E-state index >= 15 is 0 Å². The predicted octanol–water partition coefficient (Wildman–Crippen LogP) is 0.572. The van der Waals surface area contributed by atoms with E-state index in [2.05, 4.69) is 24.1 Å². The molecule has 1 amide bonds. The molecule has 94 valence electrons. The fourth-order valence-corrected chi connectivity index (χ4v) is 2.03. The van der Waals surface area contributed by atoms with E-state index < -0.39 is 0 Å². The Balaban J connectivity index is 2.14. The van der Waals surface area contributed by atoms with Crippen LogP contribution in [0.4, 0.5) is 0 Å². The maximum atomic E-state index is 10.8. The van der Waals surface area contributed by atoms with E-state index in [0.29, 0.717) is 12.6 Å². The molecule has 16 heavy (non-hydrogen) atoms. The zero-order valence-electron chi connectivity index (χ0n) is 10.5. The summed E-state index contributed by atoms with van der Waals surface area (Å²) in [4.78, 5) is 12.9. The Morgan fingerprint density at radius 3 is 2.62 bits per heavy atom. The summed E-state index contributed by atoms with van der Waals surface area (Å²) in [5, 5.41) is 3.60. The number of carbonyl (C=O) groups excluding carboxylic acids is 1. The molecule has 0 spiro atoms. The van der Waals surface area contributed by atoms with Gasteiger partial charge in [-0.1, -0.05) is 20.3 Å². The van der Waals surface area contributed by atoms with Crippen LogP contribution in [-0.4, -0.2) is 43.0 Å². The van der Waals surface area contributed by atoms with E-state index in [0.717, 1.165) is 38.4 Å². The van der Waals surface area contributed by atoms with E-state index in [1.165, 1.54) is 6.42 Å². The van der Waals surface area contributed by atoms with Crippen LogP contribution >= 0.6 is 0 Å². The van der Waals surface area contributed by atoms with Crippen LogP contribution in [0.2, 0.25) is 0 Å². The number of rotatable bonds is 6. The molecule has 1 fully saturated rings. The molecule has 1 aliphatic heterocycles. The van der Waals surface area contributed by atoms with Gasteiger partial charge >= 0.3 is 0 Å². The van der Waals surface area contributed by atoms with E-state index in [9.17, 15) is 4.79 Å². The smallest absolute Gasteiger partial charge is 0.231 e. The highest BCUT2D eigenvalue weighted by molar-refractivity contribution is 5.75. The highest BCUT2D eigenvalue weighted by Crippen LogP contribution is 2.10. The third kappa shape index (κ3) is 4.94. The number of nitrogens with two attached hydrogens (primary N) is 1. The van der Waals surface area contributed by atoms with Crippen molar-refractivity contribution in [2.45, 2.75) is 39.2 Å². The van der Waals surface area contributed by atoms with Gasteiger partial charge in [-0.15, -0.1) is 0 Å². The van der Waals surface area contributed by atoms with Crippen molar-refractivity contribution < 1.29 is 4.79 Å². The number of nitrogens with one attached hydrogen (secondary N) is 1. The largest absolute Gasteiger partial charge is 0.369 e. The molecule has 1 saturated heterocycles. The van der Waals surface area contributed by atoms with Gasteiger partial charge in [0.1, 0.15) is 0 Å². The Morgan fingerprint density at radius 1 is 1.50 bits per heavy atom. The van der Waals surface area contributed by atoms with Crippen LogP contribution in [0.5, 0.6) is 0 Å². The lowest BCUT2D eigenvalue weighted by Gasteiger charge is -2.32. The minimum absolute atomic E-state index is 0.217. The van der Waals surface area contributed by atoms with Gasteiger partial charge in [0.05, 0.1) is 6.54 Å². The Bertz CT molecular complexity index is 212. The lowest BCUT2D eigenvalue weighted by atomic mass is 10.0. The summed E-state index contributed by atoms with van der Waals surface area (Å²) in [6, 6.07) is 0.623. The molecule has 0 aliphatic carbocycles. The van der Waals surface area contributed by atoms with Gasteiger partial charge in [-0.25, -0.2) is 0 Å². The fraction of sp³-hybridized carbons (Fsp3) is 0.917. The van der Waals surface area contributed by atoms with Crippen molar-refractivity contribution in [3.05, 3.63) is 0 Å². The zero-order chi connectivity index (χ0) is 12.0. The molecule has 1 unspecified atom stereocenters. The van der Waals surface area contributed by atoms with Crippen molar-refractivity contribution in [1.82, 2.24) is 10.2 Å². The van der Waals surface area contributed by atoms with Gasteiger partial charge in [-0.2, -0.15) is 0 Å². The van der Waals surface area contributed by atoms with Crippen molar-refractivity contribution in [3.8, 4) is 0 Å². The summed E-state index contributed by atoms with van der Waals surface area (Å²) in [5.41, 5.74) is 5.18. The summed E-state index contributed by atoms with van der Waals surface area (Å²) in [5.74, 6) is 0.537. The monoisotopic (exact) mass is 227 g/mol. The zero-order valence-corrected chi connectivity index (χ0v) is 10.5. The standard InChI is InChI=1S/C12H25N3O/c1-3-10(2)8-14-11-4-6-15(7-5-11)9-12(13)16/h10-11,14H,3-9H2,1-2H3,(H2,13,16). The Kier molecular flexibility index (Phi) is 5.77. The maximum Gasteiger partial charge on any atom is 0.231 e. The first-order valence-corrected chi connectivity index (χ1v) is 6.35. The van der Waals surface area contributed by atoms with Gasteiger partial charge in [0.15, 0.2) is 0 Å². The second-order valence-corrected chi connectivity index (χ2v) is 4.94. The van der Waals surface area contributed by atoms with Crippen LogP contribution in [0, 0.1) is 5.92 Å². The first-order valence-electron chi connectivity index (χ1n) is 6.35. The number of likely N-dealkylation sites (tertiary alicyclic amines) is 1. The molecule has 1 atom stereocenters. The van der Waals surface area contributed by atoms with Crippen molar-refractivity contribution in [3.63, 3.8) is 0 Å². The molecule has 0 radical (unpaired) electrons. The summed E-state index contributed by atoms with van der Waals surface area (Å²) < 4.78 is 0. The molecule has 1 rings (SSSR count). The molecule has 0 aromatic carbocycles. The molecule has 1 aliphatic rings. The highest BCUT2D eigenvalue weighted by atomic mass is 16.1. The number of nitrogens with zero attached hydrogens (tertiary/aromatic N) is 1. The third-order valence-corrected chi connectivity index (χ3v) is 3.42. The van der Waals surface area contributed by atoms with E-state index in [1.54, 1.807) is 0 Å². The second-order valence-electron chi connectivity index (χ2n) is 4.94. The molecule has 4 nitrogen and oxygen atoms in total. The quantitative estimate of drug-likeness (QED) is 0.697. The molecule has 4 heteroatoms. The lowest BCUT2D eigenvalue weighted by molar-refractivity contribution is -0.119. The predicted molar refractivity (Wildman–Crippen MR) is 66.1 cm³/mol. The van der Waals surface area contributed by atoms with Crippen LogP contribution in [0.3, 0.4) is 0 Å². The molecule has 0 aromatic rings. The van der Waals surface area contributed by atoms with Gasteiger partial charge in [0.2, 0.25) is 5.91 Å². The van der Waals surface area contributed by atoms with Crippen LogP contribution in [0.25, 0.3) is 0 Å².